The molecule has 0 aliphatic rings. The van der Waals surface area contributed by atoms with Gasteiger partial charge in [0.15, 0.2) is 0 Å². The van der Waals surface area contributed by atoms with E-state index < -0.39 is 18.2 Å². The molecule has 0 saturated heterocycles. The van der Waals surface area contributed by atoms with E-state index in [0.29, 0.717) is 5.56 Å². The SMILES string of the molecule is COC(=O)Cc1cc(C)c(OC(F)(F)F)nc1OC. The second-order valence-electron chi connectivity index (χ2n) is 3.58. The van der Waals surface area contributed by atoms with Gasteiger partial charge in [0.05, 0.1) is 20.6 Å². The zero-order valence-electron chi connectivity index (χ0n) is 10.5. The third kappa shape index (κ3) is 4.31. The largest absolute Gasteiger partial charge is 0.574 e. The van der Waals surface area contributed by atoms with Crippen LogP contribution >= 0.6 is 0 Å². The molecule has 0 aromatic carbocycles. The molecule has 19 heavy (non-hydrogen) atoms. The summed E-state index contributed by atoms with van der Waals surface area (Å²) in [6.45, 7) is 1.38. The Morgan fingerprint density at radius 1 is 1.32 bits per heavy atom. The molecule has 0 radical (unpaired) electrons. The number of hydrogen-bond acceptors (Lipinski definition) is 5. The average molecular weight is 279 g/mol. The van der Waals surface area contributed by atoms with Gasteiger partial charge in [0.1, 0.15) is 0 Å². The summed E-state index contributed by atoms with van der Waals surface area (Å²) in [6, 6.07) is 1.34. The number of carbonyl (C=O) groups excluding carboxylic acids is 1. The maximum atomic E-state index is 12.1. The van der Waals surface area contributed by atoms with E-state index in [9.17, 15) is 18.0 Å². The number of aryl methyl sites for hydroxylation is 1. The maximum absolute atomic E-state index is 12.1. The number of aromatic nitrogens is 1. The molecule has 1 aromatic heterocycles. The van der Waals surface area contributed by atoms with Gasteiger partial charge in [-0.1, -0.05) is 0 Å². The molecule has 1 rings (SSSR count). The minimum atomic E-state index is -4.84. The molecule has 0 saturated carbocycles. The quantitative estimate of drug-likeness (QED) is 0.789. The van der Waals surface area contributed by atoms with Crippen molar-refractivity contribution in [2.75, 3.05) is 14.2 Å². The fraction of sp³-hybridized carbons (Fsp3) is 0.455. The van der Waals surface area contributed by atoms with Gasteiger partial charge in [-0.15, -0.1) is 13.2 Å². The van der Waals surface area contributed by atoms with Crippen molar-refractivity contribution in [1.29, 1.82) is 0 Å². The Kier molecular flexibility index (Phi) is 4.57. The molecule has 0 fully saturated rings. The molecule has 106 valence electrons. The van der Waals surface area contributed by atoms with Crippen LogP contribution in [-0.2, 0) is 16.0 Å². The lowest BCUT2D eigenvalue weighted by Gasteiger charge is -2.13. The standard InChI is InChI=1S/C11H12F3NO4/c1-6-4-7(5-8(16)17-2)10(18-3)15-9(6)19-11(12,13)14/h4H,5H2,1-3H3. The normalized spacial score (nSPS) is 11.1. The number of esters is 1. The van der Waals surface area contributed by atoms with Crippen molar-refractivity contribution >= 4 is 5.97 Å². The number of ether oxygens (including phenoxy) is 3. The van der Waals surface area contributed by atoms with Gasteiger partial charge < -0.3 is 14.2 Å². The Morgan fingerprint density at radius 3 is 2.42 bits per heavy atom. The predicted molar refractivity (Wildman–Crippen MR) is 57.9 cm³/mol. The molecule has 5 nitrogen and oxygen atoms in total. The van der Waals surface area contributed by atoms with Crippen LogP contribution in [0.25, 0.3) is 0 Å². The zero-order chi connectivity index (χ0) is 14.6. The first-order valence-corrected chi connectivity index (χ1v) is 5.14. The van der Waals surface area contributed by atoms with Gasteiger partial charge in [0.25, 0.3) is 0 Å². The summed E-state index contributed by atoms with van der Waals surface area (Å²) in [7, 11) is 2.44. The highest BCUT2D eigenvalue weighted by Crippen LogP contribution is 2.29. The summed E-state index contributed by atoms with van der Waals surface area (Å²) in [6.07, 6.45) is -4.99. The van der Waals surface area contributed by atoms with Crippen LogP contribution in [0.3, 0.4) is 0 Å². The first-order chi connectivity index (χ1) is 8.76. The Bertz CT molecular complexity index is 474. The van der Waals surface area contributed by atoms with E-state index in [2.05, 4.69) is 14.5 Å². The van der Waals surface area contributed by atoms with E-state index in [-0.39, 0.29) is 17.9 Å². The van der Waals surface area contributed by atoms with Gasteiger partial charge in [-0.3, -0.25) is 4.79 Å². The fourth-order valence-corrected chi connectivity index (χ4v) is 1.38. The molecular weight excluding hydrogens is 267 g/mol. The molecule has 0 spiro atoms. The highest BCUT2D eigenvalue weighted by molar-refractivity contribution is 5.73. The monoisotopic (exact) mass is 279 g/mol. The van der Waals surface area contributed by atoms with Gasteiger partial charge in [0.2, 0.25) is 11.8 Å². The third-order valence-corrected chi connectivity index (χ3v) is 2.17. The van der Waals surface area contributed by atoms with Crippen molar-refractivity contribution in [3.8, 4) is 11.8 Å². The van der Waals surface area contributed by atoms with Gasteiger partial charge in [-0.25, -0.2) is 0 Å². The summed E-state index contributed by atoms with van der Waals surface area (Å²) < 4.78 is 49.5. The molecule has 1 aromatic rings. The fourth-order valence-electron chi connectivity index (χ4n) is 1.38. The maximum Gasteiger partial charge on any atom is 0.574 e. The summed E-state index contributed by atoms with van der Waals surface area (Å²) in [4.78, 5) is 14.7. The molecule has 0 unspecified atom stereocenters. The van der Waals surface area contributed by atoms with Crippen molar-refractivity contribution in [1.82, 2.24) is 4.98 Å². The molecule has 0 amide bonds. The number of methoxy groups -OCH3 is 2. The minimum Gasteiger partial charge on any atom is -0.481 e. The van der Waals surface area contributed by atoms with Crippen molar-refractivity contribution < 1.29 is 32.2 Å². The van der Waals surface area contributed by atoms with Gasteiger partial charge in [-0.2, -0.15) is 4.98 Å². The van der Waals surface area contributed by atoms with E-state index in [1.807, 2.05) is 0 Å². The topological polar surface area (TPSA) is 57.7 Å². The highest BCUT2D eigenvalue weighted by atomic mass is 19.4. The van der Waals surface area contributed by atoms with Crippen LogP contribution in [0.15, 0.2) is 6.07 Å². The number of halogens is 3. The van der Waals surface area contributed by atoms with E-state index >= 15 is 0 Å². The number of rotatable bonds is 4. The van der Waals surface area contributed by atoms with Crippen LogP contribution in [-0.4, -0.2) is 31.5 Å². The lowest BCUT2D eigenvalue weighted by molar-refractivity contribution is -0.276. The Hall–Kier alpha value is -1.99. The van der Waals surface area contributed by atoms with Gasteiger partial charge in [-0.05, 0) is 13.0 Å². The first kappa shape index (κ1) is 15.1. The molecule has 1 heterocycles. The lowest BCUT2D eigenvalue weighted by Crippen LogP contribution is -2.19. The number of pyridine rings is 1. The van der Waals surface area contributed by atoms with Crippen molar-refractivity contribution in [2.45, 2.75) is 19.7 Å². The van der Waals surface area contributed by atoms with Crippen LogP contribution in [0.5, 0.6) is 11.8 Å². The summed E-state index contributed by atoms with van der Waals surface area (Å²) >= 11 is 0. The second-order valence-corrected chi connectivity index (χ2v) is 3.58. The minimum absolute atomic E-state index is 0.116. The second kappa shape index (κ2) is 5.77. The predicted octanol–water partition coefficient (Wildman–Crippen LogP) is 2.01. The van der Waals surface area contributed by atoms with E-state index in [0.717, 1.165) is 0 Å². The number of hydrogen-bond donors (Lipinski definition) is 0. The van der Waals surface area contributed by atoms with Crippen LogP contribution in [0.4, 0.5) is 13.2 Å². The smallest absolute Gasteiger partial charge is 0.481 e. The lowest BCUT2D eigenvalue weighted by atomic mass is 10.1. The van der Waals surface area contributed by atoms with Gasteiger partial charge >= 0.3 is 12.3 Å². The van der Waals surface area contributed by atoms with E-state index in [4.69, 9.17) is 4.74 Å². The van der Waals surface area contributed by atoms with Crippen LogP contribution in [0.1, 0.15) is 11.1 Å². The zero-order valence-corrected chi connectivity index (χ0v) is 10.5. The Balaban J connectivity index is 3.10. The Morgan fingerprint density at radius 2 is 1.95 bits per heavy atom. The van der Waals surface area contributed by atoms with Crippen molar-refractivity contribution in [2.24, 2.45) is 0 Å². The molecular formula is C11H12F3NO4. The van der Waals surface area contributed by atoms with Crippen LogP contribution in [0, 0.1) is 6.92 Å². The number of nitrogens with zero attached hydrogens (tertiary/aromatic N) is 1. The highest BCUT2D eigenvalue weighted by Gasteiger charge is 2.33. The van der Waals surface area contributed by atoms with Crippen LogP contribution in [0.2, 0.25) is 0 Å². The molecule has 0 aliphatic carbocycles. The summed E-state index contributed by atoms with van der Waals surface area (Å²) in [5.74, 6) is -1.28. The molecule has 0 atom stereocenters. The first-order valence-electron chi connectivity index (χ1n) is 5.14. The molecule has 0 aliphatic heterocycles. The van der Waals surface area contributed by atoms with Crippen molar-refractivity contribution in [3.05, 3.63) is 17.2 Å². The van der Waals surface area contributed by atoms with Gasteiger partial charge in [0, 0.05) is 11.1 Å². The van der Waals surface area contributed by atoms with E-state index in [1.54, 1.807) is 0 Å². The number of alkyl halides is 3. The molecule has 0 bridgehead atoms. The number of carbonyl (C=O) groups is 1. The Labute approximate surface area is 107 Å². The third-order valence-electron chi connectivity index (χ3n) is 2.17. The summed E-state index contributed by atoms with van der Waals surface area (Å²) in [5, 5.41) is 0. The summed E-state index contributed by atoms with van der Waals surface area (Å²) in [5.41, 5.74) is 0.457. The molecule has 8 heteroatoms. The van der Waals surface area contributed by atoms with Crippen molar-refractivity contribution in [3.63, 3.8) is 0 Å². The molecule has 0 N–H and O–H groups in total. The van der Waals surface area contributed by atoms with Crippen LogP contribution < -0.4 is 9.47 Å². The average Bonchev–Trinajstić information content (AvgIpc) is 2.30. The van der Waals surface area contributed by atoms with E-state index in [1.165, 1.54) is 27.2 Å².